The van der Waals surface area contributed by atoms with Gasteiger partial charge in [-0.15, -0.1) is 0 Å². The van der Waals surface area contributed by atoms with Crippen LogP contribution in [0.5, 0.6) is 0 Å². The van der Waals surface area contributed by atoms with Crippen LogP contribution in [0.25, 0.3) is 17.3 Å². The van der Waals surface area contributed by atoms with E-state index in [1.807, 2.05) is 25.1 Å². The lowest BCUT2D eigenvalue weighted by atomic mass is 10.1. The highest BCUT2D eigenvalue weighted by Gasteiger charge is 2.11. The quantitative estimate of drug-likeness (QED) is 0.657. The monoisotopic (exact) mass is 314 g/mol. The number of nitrogens with one attached hydrogen (secondary N) is 2. The van der Waals surface area contributed by atoms with Gasteiger partial charge in [0.1, 0.15) is 11.6 Å². The number of halogens is 1. The number of aromatic amines is 1. The van der Waals surface area contributed by atoms with Gasteiger partial charge in [0.15, 0.2) is 0 Å². The van der Waals surface area contributed by atoms with Gasteiger partial charge in [-0.2, -0.15) is 10.4 Å². The number of carbonyl (C=O) groups is 1. The minimum absolute atomic E-state index is 0.0464. The fourth-order valence-electron chi connectivity index (χ4n) is 1.89. The van der Waals surface area contributed by atoms with Crippen molar-refractivity contribution in [2.75, 3.05) is 6.54 Å². The van der Waals surface area contributed by atoms with Gasteiger partial charge in [-0.1, -0.05) is 30.7 Å². The molecular formula is C16H15ClN4O. The molecule has 112 valence electrons. The molecule has 1 aromatic heterocycles. The Labute approximate surface area is 133 Å². The van der Waals surface area contributed by atoms with Crippen molar-refractivity contribution < 1.29 is 4.79 Å². The summed E-state index contributed by atoms with van der Waals surface area (Å²) in [6.07, 6.45) is 3.92. The molecule has 1 heterocycles. The van der Waals surface area contributed by atoms with E-state index in [1.54, 1.807) is 18.3 Å². The van der Waals surface area contributed by atoms with E-state index in [0.717, 1.165) is 17.7 Å². The first-order chi connectivity index (χ1) is 10.7. The molecule has 5 nitrogen and oxygen atoms in total. The summed E-state index contributed by atoms with van der Waals surface area (Å²) in [6, 6.07) is 9.15. The third-order valence-corrected chi connectivity index (χ3v) is 3.25. The Bertz CT molecular complexity index is 725. The Balaban J connectivity index is 2.32. The maximum Gasteiger partial charge on any atom is 0.261 e. The average Bonchev–Trinajstić information content (AvgIpc) is 2.99. The van der Waals surface area contributed by atoms with Gasteiger partial charge in [0.05, 0.1) is 11.9 Å². The van der Waals surface area contributed by atoms with E-state index in [9.17, 15) is 4.79 Å². The number of nitriles is 1. The summed E-state index contributed by atoms with van der Waals surface area (Å²) in [5, 5.41) is 19.3. The second kappa shape index (κ2) is 7.43. The predicted octanol–water partition coefficient (Wildman–Crippen LogP) is 3.16. The highest BCUT2D eigenvalue weighted by atomic mass is 35.5. The molecule has 1 amide bonds. The number of hydrogen-bond donors (Lipinski definition) is 2. The number of H-pyrrole nitrogens is 1. The second-order valence-corrected chi connectivity index (χ2v) is 5.07. The van der Waals surface area contributed by atoms with Crippen molar-refractivity contribution in [3.63, 3.8) is 0 Å². The molecule has 0 atom stereocenters. The van der Waals surface area contributed by atoms with Crippen molar-refractivity contribution in [2.24, 2.45) is 0 Å². The van der Waals surface area contributed by atoms with Gasteiger partial charge in [-0.25, -0.2) is 0 Å². The number of aromatic nitrogens is 2. The van der Waals surface area contributed by atoms with E-state index in [1.165, 1.54) is 6.08 Å². The largest absolute Gasteiger partial charge is 0.351 e. The third kappa shape index (κ3) is 3.74. The Morgan fingerprint density at radius 2 is 2.18 bits per heavy atom. The lowest BCUT2D eigenvalue weighted by molar-refractivity contribution is -0.117. The van der Waals surface area contributed by atoms with E-state index in [0.29, 0.717) is 17.1 Å². The van der Waals surface area contributed by atoms with Crippen LogP contribution in [0.15, 0.2) is 36.0 Å². The Kier molecular flexibility index (Phi) is 5.34. The van der Waals surface area contributed by atoms with Gasteiger partial charge in [0.25, 0.3) is 5.91 Å². The van der Waals surface area contributed by atoms with Crippen LogP contribution in [0, 0.1) is 11.3 Å². The number of nitrogens with zero attached hydrogens (tertiary/aromatic N) is 2. The van der Waals surface area contributed by atoms with Crippen molar-refractivity contribution in [1.82, 2.24) is 15.5 Å². The minimum Gasteiger partial charge on any atom is -0.351 e. The Morgan fingerprint density at radius 1 is 1.45 bits per heavy atom. The van der Waals surface area contributed by atoms with Crippen LogP contribution in [-0.4, -0.2) is 22.6 Å². The van der Waals surface area contributed by atoms with Crippen LogP contribution >= 0.6 is 11.6 Å². The molecule has 0 saturated carbocycles. The molecule has 6 heteroatoms. The van der Waals surface area contributed by atoms with Crippen LogP contribution in [0.3, 0.4) is 0 Å². The molecule has 2 aromatic rings. The molecule has 0 aliphatic rings. The zero-order valence-corrected chi connectivity index (χ0v) is 12.8. The van der Waals surface area contributed by atoms with Crippen molar-refractivity contribution in [2.45, 2.75) is 13.3 Å². The van der Waals surface area contributed by atoms with Crippen LogP contribution in [0.4, 0.5) is 0 Å². The summed E-state index contributed by atoms with van der Waals surface area (Å²) in [7, 11) is 0. The molecule has 0 bridgehead atoms. The number of rotatable bonds is 5. The van der Waals surface area contributed by atoms with Crippen LogP contribution in [0.1, 0.15) is 18.9 Å². The van der Waals surface area contributed by atoms with Gasteiger partial charge >= 0.3 is 0 Å². The van der Waals surface area contributed by atoms with E-state index in [2.05, 4.69) is 15.5 Å². The van der Waals surface area contributed by atoms with E-state index in [4.69, 9.17) is 16.9 Å². The number of hydrogen-bond acceptors (Lipinski definition) is 3. The standard InChI is InChI=1S/C16H15ClN4O/c1-2-7-19-16(22)12(9-18)8-13-10-20-21-15(13)11-3-5-14(17)6-4-11/h3-6,8,10H,2,7H2,1H3,(H,19,22)(H,20,21)/b12-8-. The smallest absolute Gasteiger partial charge is 0.261 e. The molecule has 0 fully saturated rings. The van der Waals surface area contributed by atoms with Gasteiger partial charge in [0, 0.05) is 22.7 Å². The summed E-state index contributed by atoms with van der Waals surface area (Å²) in [6.45, 7) is 2.48. The van der Waals surface area contributed by atoms with Crippen LogP contribution in [-0.2, 0) is 4.79 Å². The topological polar surface area (TPSA) is 81.6 Å². The lowest BCUT2D eigenvalue weighted by Gasteiger charge is -2.03. The number of carbonyl (C=O) groups excluding carboxylic acids is 1. The summed E-state index contributed by atoms with van der Waals surface area (Å²) < 4.78 is 0. The van der Waals surface area contributed by atoms with E-state index in [-0.39, 0.29) is 11.5 Å². The minimum atomic E-state index is -0.382. The summed E-state index contributed by atoms with van der Waals surface area (Å²) in [4.78, 5) is 11.9. The molecule has 0 spiro atoms. The number of amides is 1. The van der Waals surface area contributed by atoms with Gasteiger partial charge in [-0.05, 0) is 24.6 Å². The molecular weight excluding hydrogens is 300 g/mol. The van der Waals surface area contributed by atoms with Crippen molar-refractivity contribution in [3.05, 3.63) is 46.6 Å². The first-order valence-electron chi connectivity index (χ1n) is 6.85. The normalized spacial score (nSPS) is 11.0. The van der Waals surface area contributed by atoms with Gasteiger partial charge in [0.2, 0.25) is 0 Å². The molecule has 0 aliphatic heterocycles. The summed E-state index contributed by atoms with van der Waals surface area (Å²) in [5.74, 6) is -0.382. The zero-order chi connectivity index (χ0) is 15.9. The lowest BCUT2D eigenvalue weighted by Crippen LogP contribution is -2.25. The van der Waals surface area contributed by atoms with Crippen molar-refractivity contribution >= 4 is 23.6 Å². The fraction of sp³-hybridized carbons (Fsp3) is 0.188. The first kappa shape index (κ1) is 15.8. The SMILES string of the molecule is CCCNC(=O)/C(C#N)=C\c1cn[nH]c1-c1ccc(Cl)cc1. The predicted molar refractivity (Wildman–Crippen MR) is 85.9 cm³/mol. The maximum absolute atomic E-state index is 11.9. The first-order valence-corrected chi connectivity index (χ1v) is 7.22. The van der Waals surface area contributed by atoms with Gasteiger partial charge < -0.3 is 5.32 Å². The average molecular weight is 315 g/mol. The summed E-state index contributed by atoms with van der Waals surface area (Å²) >= 11 is 5.88. The zero-order valence-electron chi connectivity index (χ0n) is 12.1. The molecule has 2 N–H and O–H groups in total. The molecule has 1 aromatic carbocycles. The highest BCUT2D eigenvalue weighted by molar-refractivity contribution is 6.30. The Hall–Kier alpha value is -2.58. The number of benzene rings is 1. The van der Waals surface area contributed by atoms with E-state index < -0.39 is 0 Å². The van der Waals surface area contributed by atoms with Gasteiger partial charge in [-0.3, -0.25) is 9.89 Å². The Morgan fingerprint density at radius 3 is 2.82 bits per heavy atom. The molecule has 0 saturated heterocycles. The molecule has 2 rings (SSSR count). The maximum atomic E-state index is 11.9. The highest BCUT2D eigenvalue weighted by Crippen LogP contribution is 2.24. The van der Waals surface area contributed by atoms with Crippen molar-refractivity contribution in [3.8, 4) is 17.3 Å². The van der Waals surface area contributed by atoms with E-state index >= 15 is 0 Å². The van der Waals surface area contributed by atoms with Crippen molar-refractivity contribution in [1.29, 1.82) is 5.26 Å². The molecule has 0 aliphatic carbocycles. The summed E-state index contributed by atoms with van der Waals surface area (Å²) in [5.41, 5.74) is 2.32. The van der Waals surface area contributed by atoms with Crippen LogP contribution < -0.4 is 5.32 Å². The second-order valence-electron chi connectivity index (χ2n) is 4.63. The fourth-order valence-corrected chi connectivity index (χ4v) is 2.02. The molecule has 0 radical (unpaired) electrons. The van der Waals surface area contributed by atoms with Crippen LogP contribution in [0.2, 0.25) is 5.02 Å². The molecule has 22 heavy (non-hydrogen) atoms. The molecule has 0 unspecified atom stereocenters. The third-order valence-electron chi connectivity index (χ3n) is 3.00.